The Hall–Kier alpha value is -0.610. The van der Waals surface area contributed by atoms with E-state index in [-0.39, 0.29) is 13.0 Å². The molecule has 0 atom stereocenters. The van der Waals surface area contributed by atoms with E-state index in [1.165, 1.54) is 0 Å². The van der Waals surface area contributed by atoms with Gasteiger partial charge in [0.1, 0.15) is 0 Å². The van der Waals surface area contributed by atoms with Crippen LogP contribution in [0, 0.1) is 0 Å². The molecule has 0 aromatic heterocycles. The van der Waals surface area contributed by atoms with Crippen molar-refractivity contribution in [1.29, 1.82) is 0 Å². The molecule has 0 aromatic rings. The molecule has 4 heteroatoms. The summed E-state index contributed by atoms with van der Waals surface area (Å²) in [6.07, 6.45) is 0.865. The lowest BCUT2D eigenvalue weighted by molar-refractivity contribution is -0.138. The number of nitrogens with two attached hydrogens (primary N) is 1. The Morgan fingerprint density at radius 1 is 1.50 bits per heavy atom. The second kappa shape index (κ2) is 6.51. The first-order valence-electron chi connectivity index (χ1n) is 3.27. The Labute approximate surface area is 60.0 Å². The summed E-state index contributed by atoms with van der Waals surface area (Å²) >= 11 is 0. The number of carboxylic acids is 1. The first-order chi connectivity index (χ1) is 4.77. The van der Waals surface area contributed by atoms with Crippen LogP contribution in [0.2, 0.25) is 0 Å². The highest BCUT2D eigenvalue weighted by atomic mass is 16.5. The van der Waals surface area contributed by atoms with Crippen molar-refractivity contribution in [3.63, 3.8) is 0 Å². The van der Waals surface area contributed by atoms with Crippen molar-refractivity contribution in [3.05, 3.63) is 0 Å². The topological polar surface area (TPSA) is 72.5 Å². The Kier molecular flexibility index (Phi) is 6.11. The smallest absolute Gasteiger partial charge is 0.305 e. The van der Waals surface area contributed by atoms with Gasteiger partial charge in [-0.15, -0.1) is 0 Å². The molecule has 0 saturated heterocycles. The minimum absolute atomic E-state index is 0.0740. The third-order valence-electron chi connectivity index (χ3n) is 0.953. The van der Waals surface area contributed by atoms with Crippen LogP contribution < -0.4 is 5.73 Å². The molecule has 0 heterocycles. The maximum Gasteiger partial charge on any atom is 0.305 e. The molecular weight excluding hydrogens is 134 g/mol. The summed E-state index contributed by atoms with van der Waals surface area (Å²) < 4.78 is 4.92. The number of hydrogen-bond donors (Lipinski definition) is 2. The van der Waals surface area contributed by atoms with Crippen molar-refractivity contribution in [2.45, 2.75) is 12.8 Å². The van der Waals surface area contributed by atoms with Gasteiger partial charge in [0.05, 0.1) is 13.0 Å². The van der Waals surface area contributed by atoms with E-state index < -0.39 is 5.97 Å². The van der Waals surface area contributed by atoms with Crippen molar-refractivity contribution >= 4 is 5.97 Å². The summed E-state index contributed by atoms with van der Waals surface area (Å²) in [5, 5.41) is 8.17. The highest BCUT2D eigenvalue weighted by Gasteiger charge is 1.94. The van der Waals surface area contributed by atoms with Gasteiger partial charge in [-0.05, 0) is 13.0 Å². The number of carboxylic acid groups (broad SMARTS) is 1. The minimum Gasteiger partial charge on any atom is -0.481 e. The van der Waals surface area contributed by atoms with Gasteiger partial charge in [-0.2, -0.15) is 0 Å². The van der Waals surface area contributed by atoms with E-state index in [9.17, 15) is 4.79 Å². The van der Waals surface area contributed by atoms with Gasteiger partial charge in [-0.3, -0.25) is 4.79 Å². The average molecular weight is 147 g/mol. The van der Waals surface area contributed by atoms with E-state index in [1.807, 2.05) is 0 Å². The SMILES string of the molecule is NCCCOCCC(=O)O. The molecular formula is C6H13NO3. The fourth-order valence-corrected chi connectivity index (χ4v) is 0.447. The van der Waals surface area contributed by atoms with Gasteiger partial charge >= 0.3 is 5.97 Å². The third kappa shape index (κ3) is 7.39. The van der Waals surface area contributed by atoms with Crippen LogP contribution >= 0.6 is 0 Å². The molecule has 0 aliphatic rings. The van der Waals surface area contributed by atoms with Crippen molar-refractivity contribution in [3.8, 4) is 0 Å². The number of rotatable bonds is 6. The van der Waals surface area contributed by atoms with Gasteiger partial charge in [-0.25, -0.2) is 0 Å². The van der Waals surface area contributed by atoms with Gasteiger partial charge in [-0.1, -0.05) is 0 Å². The first-order valence-corrected chi connectivity index (χ1v) is 3.27. The molecule has 0 aliphatic carbocycles. The Bertz CT molecular complexity index is 95.0. The maximum absolute atomic E-state index is 9.93. The molecule has 0 radical (unpaired) electrons. The van der Waals surface area contributed by atoms with E-state index in [1.54, 1.807) is 0 Å². The van der Waals surface area contributed by atoms with Crippen LogP contribution in [0.15, 0.2) is 0 Å². The molecule has 3 N–H and O–H groups in total. The molecule has 0 unspecified atom stereocenters. The average Bonchev–Trinajstić information content (AvgIpc) is 1.87. The Morgan fingerprint density at radius 2 is 2.20 bits per heavy atom. The van der Waals surface area contributed by atoms with Crippen LogP contribution in [-0.4, -0.2) is 30.8 Å². The van der Waals surface area contributed by atoms with E-state index in [4.69, 9.17) is 15.6 Å². The third-order valence-corrected chi connectivity index (χ3v) is 0.953. The molecule has 0 spiro atoms. The lowest BCUT2D eigenvalue weighted by atomic mass is 10.4. The fourth-order valence-electron chi connectivity index (χ4n) is 0.447. The highest BCUT2D eigenvalue weighted by molar-refractivity contribution is 5.66. The molecule has 10 heavy (non-hydrogen) atoms. The Balaban J connectivity index is 2.84. The van der Waals surface area contributed by atoms with Gasteiger partial charge < -0.3 is 15.6 Å². The molecule has 0 aliphatic heterocycles. The summed E-state index contributed by atoms with van der Waals surface area (Å²) in [5.41, 5.74) is 5.17. The van der Waals surface area contributed by atoms with Crippen LogP contribution in [0.1, 0.15) is 12.8 Å². The quantitative estimate of drug-likeness (QED) is 0.511. The predicted molar refractivity (Wildman–Crippen MR) is 36.7 cm³/mol. The number of ether oxygens (including phenoxy) is 1. The lowest BCUT2D eigenvalue weighted by Crippen LogP contribution is -2.07. The predicted octanol–water partition coefficient (Wildman–Crippen LogP) is -0.174. The highest BCUT2D eigenvalue weighted by Crippen LogP contribution is 1.84. The van der Waals surface area contributed by atoms with Crippen LogP contribution in [0.25, 0.3) is 0 Å². The van der Waals surface area contributed by atoms with Crippen molar-refractivity contribution < 1.29 is 14.6 Å². The molecule has 0 saturated carbocycles. The summed E-state index contributed by atoms with van der Waals surface area (Å²) in [7, 11) is 0. The van der Waals surface area contributed by atoms with Crippen LogP contribution in [-0.2, 0) is 9.53 Å². The summed E-state index contributed by atoms with van der Waals surface area (Å²) in [4.78, 5) is 9.93. The second-order valence-electron chi connectivity index (χ2n) is 1.90. The van der Waals surface area contributed by atoms with Gasteiger partial charge in [0.2, 0.25) is 0 Å². The number of carbonyl (C=O) groups is 1. The molecule has 0 bridgehead atoms. The van der Waals surface area contributed by atoms with Gasteiger partial charge in [0, 0.05) is 6.61 Å². The summed E-state index contributed by atoms with van der Waals surface area (Å²) in [6.45, 7) is 1.44. The lowest BCUT2D eigenvalue weighted by Gasteiger charge is -1.98. The van der Waals surface area contributed by atoms with E-state index >= 15 is 0 Å². The first kappa shape index (κ1) is 9.39. The van der Waals surface area contributed by atoms with Gasteiger partial charge in [0.15, 0.2) is 0 Å². The van der Waals surface area contributed by atoms with E-state index in [2.05, 4.69) is 0 Å². The zero-order chi connectivity index (χ0) is 7.82. The van der Waals surface area contributed by atoms with Gasteiger partial charge in [0.25, 0.3) is 0 Å². The zero-order valence-electron chi connectivity index (χ0n) is 5.88. The maximum atomic E-state index is 9.93. The monoisotopic (exact) mass is 147 g/mol. The largest absolute Gasteiger partial charge is 0.481 e. The molecule has 0 amide bonds. The molecule has 4 nitrogen and oxygen atoms in total. The second-order valence-corrected chi connectivity index (χ2v) is 1.90. The minimum atomic E-state index is -0.826. The number of aliphatic carboxylic acids is 1. The zero-order valence-corrected chi connectivity index (χ0v) is 5.88. The molecule has 0 aromatic carbocycles. The van der Waals surface area contributed by atoms with Crippen LogP contribution in [0.3, 0.4) is 0 Å². The number of hydrogen-bond acceptors (Lipinski definition) is 3. The summed E-state index contributed by atoms with van der Waals surface area (Å²) in [5.74, 6) is -0.826. The molecule has 0 rings (SSSR count). The van der Waals surface area contributed by atoms with Crippen LogP contribution in [0.5, 0.6) is 0 Å². The fraction of sp³-hybridized carbons (Fsp3) is 0.833. The summed E-state index contributed by atoms with van der Waals surface area (Å²) in [6, 6.07) is 0. The normalized spacial score (nSPS) is 9.70. The van der Waals surface area contributed by atoms with Crippen LogP contribution in [0.4, 0.5) is 0 Å². The Morgan fingerprint density at radius 3 is 2.70 bits per heavy atom. The van der Waals surface area contributed by atoms with E-state index in [0.717, 1.165) is 6.42 Å². The van der Waals surface area contributed by atoms with Crippen molar-refractivity contribution in [2.75, 3.05) is 19.8 Å². The van der Waals surface area contributed by atoms with Crippen molar-refractivity contribution in [1.82, 2.24) is 0 Å². The molecule has 0 fully saturated rings. The molecule has 60 valence electrons. The van der Waals surface area contributed by atoms with E-state index in [0.29, 0.717) is 13.2 Å². The van der Waals surface area contributed by atoms with Crippen molar-refractivity contribution in [2.24, 2.45) is 5.73 Å². The standard InChI is InChI=1S/C6H13NO3/c7-3-1-4-10-5-2-6(8)9/h1-5,7H2,(H,8,9).